The zero-order valence-corrected chi connectivity index (χ0v) is 10.8. The van der Waals surface area contributed by atoms with Crippen LogP contribution in [-0.2, 0) is 12.8 Å². The van der Waals surface area contributed by atoms with Crippen molar-refractivity contribution in [2.75, 3.05) is 12.9 Å². The molecule has 1 unspecified atom stereocenters. The summed E-state index contributed by atoms with van der Waals surface area (Å²) in [6, 6.07) is 4.58. The van der Waals surface area contributed by atoms with Gasteiger partial charge in [0.15, 0.2) is 0 Å². The van der Waals surface area contributed by atoms with Crippen LogP contribution in [0.15, 0.2) is 17.0 Å². The number of fused-ring (bicyclic) bond motifs is 1. The molecule has 16 heavy (non-hydrogen) atoms. The van der Waals surface area contributed by atoms with Crippen LogP contribution in [0, 0.1) is 0 Å². The van der Waals surface area contributed by atoms with Crippen molar-refractivity contribution >= 4 is 11.8 Å². The van der Waals surface area contributed by atoms with Gasteiger partial charge >= 0.3 is 0 Å². The summed E-state index contributed by atoms with van der Waals surface area (Å²) in [5.74, 6) is 2.14. The molecule has 1 aromatic carbocycles. The van der Waals surface area contributed by atoms with Gasteiger partial charge in [-0.15, -0.1) is 11.8 Å². The molecule has 0 bridgehead atoms. The fourth-order valence-electron chi connectivity index (χ4n) is 2.32. The van der Waals surface area contributed by atoms with Crippen molar-refractivity contribution in [2.45, 2.75) is 37.1 Å². The summed E-state index contributed by atoms with van der Waals surface area (Å²) >= 11 is 1.90. The van der Waals surface area contributed by atoms with E-state index >= 15 is 0 Å². The monoisotopic (exact) mass is 237 g/mol. The van der Waals surface area contributed by atoms with Crippen LogP contribution in [0.3, 0.4) is 0 Å². The summed E-state index contributed by atoms with van der Waals surface area (Å²) in [5, 5.41) is 0. The largest absolute Gasteiger partial charge is 0.496 e. The van der Waals surface area contributed by atoms with E-state index in [1.807, 2.05) is 11.8 Å². The molecular weight excluding hydrogens is 218 g/mol. The molecule has 0 aliphatic heterocycles. The van der Waals surface area contributed by atoms with Crippen molar-refractivity contribution in [3.8, 4) is 5.75 Å². The van der Waals surface area contributed by atoms with Crippen LogP contribution in [0.1, 0.15) is 24.5 Å². The summed E-state index contributed by atoms with van der Waals surface area (Å²) in [6.07, 6.45) is 3.12. The van der Waals surface area contributed by atoms with E-state index < -0.39 is 0 Å². The first-order chi connectivity index (χ1) is 7.76. The third-order valence-electron chi connectivity index (χ3n) is 3.10. The molecule has 0 aromatic heterocycles. The van der Waals surface area contributed by atoms with Crippen LogP contribution in [0.4, 0.5) is 0 Å². The molecule has 1 aromatic rings. The molecule has 88 valence electrons. The maximum atomic E-state index is 6.06. The lowest BCUT2D eigenvalue weighted by molar-refractivity contribution is 0.403. The zero-order valence-electron chi connectivity index (χ0n) is 9.95. The number of methoxy groups -OCH3 is 1. The molecule has 1 atom stereocenters. The highest BCUT2D eigenvalue weighted by molar-refractivity contribution is 7.99. The molecule has 3 heteroatoms. The molecular formula is C13H19NOS. The topological polar surface area (TPSA) is 35.2 Å². The minimum absolute atomic E-state index is 0.316. The molecule has 2 nitrogen and oxygen atoms in total. The SMILES string of the molecule is CCSc1ccc(OC)c2c1CC(N)CC2. The van der Waals surface area contributed by atoms with Crippen molar-refractivity contribution in [1.29, 1.82) is 0 Å². The van der Waals surface area contributed by atoms with Gasteiger partial charge in [0, 0.05) is 10.9 Å². The Labute approximate surface area is 102 Å². The molecule has 0 amide bonds. The minimum atomic E-state index is 0.316. The highest BCUT2D eigenvalue weighted by atomic mass is 32.2. The molecule has 2 N–H and O–H groups in total. The van der Waals surface area contributed by atoms with Gasteiger partial charge in [0.05, 0.1) is 7.11 Å². The van der Waals surface area contributed by atoms with Crippen LogP contribution in [0.2, 0.25) is 0 Å². The number of benzene rings is 1. The Kier molecular flexibility index (Phi) is 3.77. The first-order valence-electron chi connectivity index (χ1n) is 5.83. The van der Waals surface area contributed by atoms with E-state index in [4.69, 9.17) is 10.5 Å². The van der Waals surface area contributed by atoms with Crippen LogP contribution in [0.25, 0.3) is 0 Å². The van der Waals surface area contributed by atoms with Crippen molar-refractivity contribution in [3.63, 3.8) is 0 Å². The molecule has 1 aliphatic carbocycles. The van der Waals surface area contributed by atoms with Gasteiger partial charge in [-0.2, -0.15) is 0 Å². The number of ether oxygens (including phenoxy) is 1. The van der Waals surface area contributed by atoms with Crippen LogP contribution in [0.5, 0.6) is 5.75 Å². The lowest BCUT2D eigenvalue weighted by Gasteiger charge is -2.25. The fourth-order valence-corrected chi connectivity index (χ4v) is 3.18. The third kappa shape index (κ3) is 2.20. The molecule has 1 aliphatic rings. The number of hydrogen-bond acceptors (Lipinski definition) is 3. The van der Waals surface area contributed by atoms with Crippen molar-refractivity contribution in [1.82, 2.24) is 0 Å². The summed E-state index contributed by atoms with van der Waals surface area (Å²) in [5.41, 5.74) is 8.85. The second-order valence-electron chi connectivity index (χ2n) is 4.16. The summed E-state index contributed by atoms with van der Waals surface area (Å²) in [6.45, 7) is 2.18. The van der Waals surface area contributed by atoms with Crippen molar-refractivity contribution < 1.29 is 4.74 Å². The van der Waals surface area contributed by atoms with Gasteiger partial charge < -0.3 is 10.5 Å². The van der Waals surface area contributed by atoms with E-state index in [1.54, 1.807) is 7.11 Å². The Morgan fingerprint density at radius 1 is 1.44 bits per heavy atom. The van der Waals surface area contributed by atoms with Gasteiger partial charge in [0.1, 0.15) is 5.75 Å². The molecule has 0 fully saturated rings. The highest BCUT2D eigenvalue weighted by Gasteiger charge is 2.21. The van der Waals surface area contributed by atoms with Crippen LogP contribution < -0.4 is 10.5 Å². The molecule has 0 radical (unpaired) electrons. The maximum absolute atomic E-state index is 6.06. The van der Waals surface area contributed by atoms with Gasteiger partial charge in [-0.05, 0) is 48.3 Å². The molecule has 0 heterocycles. The zero-order chi connectivity index (χ0) is 11.5. The van der Waals surface area contributed by atoms with E-state index in [-0.39, 0.29) is 0 Å². The van der Waals surface area contributed by atoms with E-state index in [0.717, 1.165) is 30.8 Å². The predicted octanol–water partition coefficient (Wildman–Crippen LogP) is 2.62. The summed E-state index contributed by atoms with van der Waals surface area (Å²) in [7, 11) is 1.75. The Balaban J connectivity index is 2.43. The first kappa shape index (κ1) is 11.8. The fraction of sp³-hybridized carbons (Fsp3) is 0.538. The van der Waals surface area contributed by atoms with Crippen molar-refractivity contribution in [2.24, 2.45) is 5.73 Å². The minimum Gasteiger partial charge on any atom is -0.496 e. The van der Waals surface area contributed by atoms with E-state index in [2.05, 4.69) is 19.1 Å². The van der Waals surface area contributed by atoms with Crippen LogP contribution in [-0.4, -0.2) is 18.9 Å². The molecule has 2 rings (SSSR count). The average molecular weight is 237 g/mol. The van der Waals surface area contributed by atoms with Gasteiger partial charge in [0.2, 0.25) is 0 Å². The molecule has 0 spiro atoms. The summed E-state index contributed by atoms with van der Waals surface area (Å²) in [4.78, 5) is 1.38. The Morgan fingerprint density at radius 2 is 2.25 bits per heavy atom. The quantitative estimate of drug-likeness (QED) is 0.821. The number of rotatable bonds is 3. The van der Waals surface area contributed by atoms with Crippen molar-refractivity contribution in [3.05, 3.63) is 23.3 Å². The second kappa shape index (κ2) is 5.11. The van der Waals surface area contributed by atoms with E-state index in [9.17, 15) is 0 Å². The normalized spacial score (nSPS) is 19.3. The Morgan fingerprint density at radius 3 is 2.94 bits per heavy atom. The van der Waals surface area contributed by atoms with E-state index in [0.29, 0.717) is 6.04 Å². The molecule has 0 saturated carbocycles. The Bertz CT molecular complexity index is 378. The van der Waals surface area contributed by atoms with Crippen LogP contribution >= 0.6 is 11.8 Å². The number of thioether (sulfide) groups is 1. The molecule has 0 saturated heterocycles. The smallest absolute Gasteiger partial charge is 0.122 e. The lowest BCUT2D eigenvalue weighted by atomic mass is 9.88. The maximum Gasteiger partial charge on any atom is 0.122 e. The Hall–Kier alpha value is -0.670. The first-order valence-corrected chi connectivity index (χ1v) is 6.82. The number of nitrogens with two attached hydrogens (primary N) is 1. The standard InChI is InChI=1S/C13H19NOS/c1-3-16-13-7-6-12(15-2)10-5-4-9(14)8-11(10)13/h6-7,9H,3-5,8,14H2,1-2H3. The van der Waals surface area contributed by atoms with Gasteiger partial charge in [-0.25, -0.2) is 0 Å². The second-order valence-corrected chi connectivity index (χ2v) is 5.46. The van der Waals surface area contributed by atoms with E-state index in [1.165, 1.54) is 16.0 Å². The highest BCUT2D eigenvalue weighted by Crippen LogP contribution is 2.36. The van der Waals surface area contributed by atoms with Gasteiger partial charge in [-0.1, -0.05) is 6.92 Å². The predicted molar refractivity (Wildman–Crippen MR) is 69.4 cm³/mol. The van der Waals surface area contributed by atoms with Gasteiger partial charge in [-0.3, -0.25) is 0 Å². The lowest BCUT2D eigenvalue weighted by Crippen LogP contribution is -2.28. The average Bonchev–Trinajstić information content (AvgIpc) is 2.30. The number of hydrogen-bond donors (Lipinski definition) is 1. The third-order valence-corrected chi connectivity index (χ3v) is 4.08. The summed E-state index contributed by atoms with van der Waals surface area (Å²) < 4.78 is 5.43. The van der Waals surface area contributed by atoms with Gasteiger partial charge in [0.25, 0.3) is 0 Å².